The highest BCUT2D eigenvalue weighted by Crippen LogP contribution is 2.24. The molecule has 23 heavy (non-hydrogen) atoms. The molecule has 7 heteroatoms. The number of anilines is 1. The maximum atomic E-state index is 12.3. The van der Waals surface area contributed by atoms with Gasteiger partial charge in [0.1, 0.15) is 13.2 Å². The maximum absolute atomic E-state index is 12.3. The van der Waals surface area contributed by atoms with E-state index in [1.807, 2.05) is 13.8 Å². The summed E-state index contributed by atoms with van der Waals surface area (Å²) < 4.78 is 4.96. The first kappa shape index (κ1) is 17.9. The zero-order chi connectivity index (χ0) is 16.8. The van der Waals surface area contributed by atoms with Crippen LogP contribution in [-0.4, -0.2) is 48.0 Å². The second-order valence-corrected chi connectivity index (χ2v) is 7.16. The molecule has 0 radical (unpaired) electrons. The van der Waals surface area contributed by atoms with Crippen molar-refractivity contribution in [3.8, 4) is 0 Å². The molecular formula is C16H25N3O3S. The maximum Gasteiger partial charge on any atom is 0.249 e. The SMILES string of the molecule is COCC(=O)N(CC(=O)Nc1nc(C)c(C)s1)C1CCCCC1. The van der Waals surface area contributed by atoms with Gasteiger partial charge in [0.05, 0.1) is 5.69 Å². The van der Waals surface area contributed by atoms with Gasteiger partial charge in [0.25, 0.3) is 0 Å². The van der Waals surface area contributed by atoms with E-state index in [0.29, 0.717) is 5.13 Å². The minimum absolute atomic E-state index is 0.0131. The Kier molecular flexibility index (Phi) is 6.53. The number of rotatable bonds is 6. The van der Waals surface area contributed by atoms with Gasteiger partial charge in [-0.1, -0.05) is 19.3 Å². The molecule has 1 N–H and O–H groups in total. The third-order valence-electron chi connectivity index (χ3n) is 4.19. The lowest BCUT2D eigenvalue weighted by Crippen LogP contribution is -2.47. The first-order chi connectivity index (χ1) is 11.0. The molecule has 0 aromatic carbocycles. The van der Waals surface area contributed by atoms with Gasteiger partial charge in [-0.25, -0.2) is 4.98 Å². The van der Waals surface area contributed by atoms with Crippen LogP contribution in [0.15, 0.2) is 0 Å². The van der Waals surface area contributed by atoms with Gasteiger partial charge in [-0.05, 0) is 26.7 Å². The van der Waals surface area contributed by atoms with Crippen LogP contribution in [0.1, 0.15) is 42.7 Å². The van der Waals surface area contributed by atoms with E-state index in [1.54, 1.807) is 4.90 Å². The fourth-order valence-electron chi connectivity index (χ4n) is 2.86. The van der Waals surface area contributed by atoms with Crippen molar-refractivity contribution in [3.63, 3.8) is 0 Å². The van der Waals surface area contributed by atoms with Gasteiger partial charge < -0.3 is 15.0 Å². The molecule has 0 saturated heterocycles. The van der Waals surface area contributed by atoms with E-state index in [4.69, 9.17) is 4.74 Å². The zero-order valence-electron chi connectivity index (χ0n) is 14.1. The molecule has 1 aliphatic rings. The van der Waals surface area contributed by atoms with Gasteiger partial charge in [-0.3, -0.25) is 9.59 Å². The molecule has 0 aliphatic heterocycles. The predicted molar refractivity (Wildman–Crippen MR) is 90.7 cm³/mol. The lowest BCUT2D eigenvalue weighted by atomic mass is 9.94. The number of ether oxygens (including phenoxy) is 1. The Labute approximate surface area is 141 Å². The number of hydrogen-bond donors (Lipinski definition) is 1. The summed E-state index contributed by atoms with van der Waals surface area (Å²) in [5.74, 6) is -0.324. The lowest BCUT2D eigenvalue weighted by molar-refractivity contribution is -0.141. The zero-order valence-corrected chi connectivity index (χ0v) is 14.9. The van der Waals surface area contributed by atoms with Crippen LogP contribution < -0.4 is 5.32 Å². The smallest absolute Gasteiger partial charge is 0.249 e. The second kappa shape index (κ2) is 8.40. The van der Waals surface area contributed by atoms with Crippen LogP contribution in [0.25, 0.3) is 0 Å². The topological polar surface area (TPSA) is 71.5 Å². The lowest BCUT2D eigenvalue weighted by Gasteiger charge is -2.33. The monoisotopic (exact) mass is 339 g/mol. The van der Waals surface area contributed by atoms with Gasteiger partial charge >= 0.3 is 0 Å². The van der Waals surface area contributed by atoms with Crippen molar-refractivity contribution in [1.29, 1.82) is 0 Å². The summed E-state index contributed by atoms with van der Waals surface area (Å²) >= 11 is 1.45. The molecule has 1 aliphatic carbocycles. The van der Waals surface area contributed by atoms with Gasteiger partial charge in [0.2, 0.25) is 11.8 Å². The van der Waals surface area contributed by atoms with Gasteiger partial charge in [0, 0.05) is 18.0 Å². The molecule has 128 valence electrons. The molecule has 1 saturated carbocycles. The summed E-state index contributed by atoms with van der Waals surface area (Å²) in [6.45, 7) is 3.96. The van der Waals surface area contributed by atoms with Crippen LogP contribution in [0.4, 0.5) is 5.13 Å². The summed E-state index contributed by atoms with van der Waals surface area (Å²) in [5.41, 5.74) is 0.921. The van der Waals surface area contributed by atoms with Gasteiger partial charge in [0.15, 0.2) is 5.13 Å². The number of hydrogen-bond acceptors (Lipinski definition) is 5. The van der Waals surface area contributed by atoms with Crippen molar-refractivity contribution < 1.29 is 14.3 Å². The van der Waals surface area contributed by atoms with Crippen LogP contribution in [0, 0.1) is 13.8 Å². The molecule has 6 nitrogen and oxygen atoms in total. The number of nitrogens with one attached hydrogen (secondary N) is 1. The highest BCUT2D eigenvalue weighted by atomic mass is 32.1. The van der Waals surface area contributed by atoms with E-state index in [9.17, 15) is 9.59 Å². The Hall–Kier alpha value is -1.47. The average Bonchev–Trinajstić information content (AvgIpc) is 2.83. The summed E-state index contributed by atoms with van der Waals surface area (Å²) in [4.78, 5) is 31.7. The molecule has 1 aromatic rings. The highest BCUT2D eigenvalue weighted by molar-refractivity contribution is 7.15. The van der Waals surface area contributed by atoms with Crippen LogP contribution in [0.2, 0.25) is 0 Å². The molecule has 0 atom stereocenters. The first-order valence-electron chi connectivity index (χ1n) is 8.03. The normalized spacial score (nSPS) is 15.4. The van der Waals surface area contributed by atoms with Crippen molar-refractivity contribution >= 4 is 28.3 Å². The van der Waals surface area contributed by atoms with E-state index >= 15 is 0 Å². The minimum Gasteiger partial charge on any atom is -0.375 e. The van der Waals surface area contributed by atoms with Crippen molar-refractivity contribution in [1.82, 2.24) is 9.88 Å². The third kappa shape index (κ3) is 5.00. The number of thiazole rings is 1. The quantitative estimate of drug-likeness (QED) is 0.864. The van der Waals surface area contributed by atoms with Crippen LogP contribution in [-0.2, 0) is 14.3 Å². The third-order valence-corrected chi connectivity index (χ3v) is 5.18. The van der Waals surface area contributed by atoms with Gasteiger partial charge in [-0.15, -0.1) is 11.3 Å². The Morgan fingerprint density at radius 1 is 1.30 bits per heavy atom. The fourth-order valence-corrected chi connectivity index (χ4v) is 3.69. The Morgan fingerprint density at radius 2 is 2.00 bits per heavy atom. The van der Waals surface area contributed by atoms with Crippen LogP contribution in [0.3, 0.4) is 0 Å². The van der Waals surface area contributed by atoms with Crippen molar-refractivity contribution in [2.45, 2.75) is 52.0 Å². The molecule has 2 amide bonds. The minimum atomic E-state index is -0.200. The van der Waals surface area contributed by atoms with Crippen LogP contribution >= 0.6 is 11.3 Å². The van der Waals surface area contributed by atoms with Crippen molar-refractivity contribution in [2.75, 3.05) is 25.6 Å². The predicted octanol–water partition coefficient (Wildman–Crippen LogP) is 2.51. The number of amides is 2. The van der Waals surface area contributed by atoms with E-state index < -0.39 is 0 Å². The van der Waals surface area contributed by atoms with E-state index in [2.05, 4.69) is 10.3 Å². The molecule has 1 heterocycles. The van der Waals surface area contributed by atoms with Crippen molar-refractivity contribution in [3.05, 3.63) is 10.6 Å². The summed E-state index contributed by atoms with van der Waals surface area (Å²) in [5, 5.41) is 3.39. The number of aromatic nitrogens is 1. The summed E-state index contributed by atoms with van der Waals surface area (Å²) in [7, 11) is 1.50. The number of carbonyl (C=O) groups is 2. The Morgan fingerprint density at radius 3 is 2.57 bits per heavy atom. The molecule has 1 fully saturated rings. The second-order valence-electron chi connectivity index (χ2n) is 5.96. The number of nitrogens with zero attached hydrogens (tertiary/aromatic N) is 2. The molecule has 0 spiro atoms. The molecular weight excluding hydrogens is 314 g/mol. The van der Waals surface area contributed by atoms with E-state index in [-0.39, 0.29) is 31.0 Å². The number of carbonyl (C=O) groups excluding carboxylic acids is 2. The standard InChI is InChI=1S/C16H25N3O3S/c1-11-12(2)23-16(17-11)18-14(20)9-19(15(21)10-22-3)13-7-5-4-6-8-13/h13H,4-10H2,1-3H3,(H,17,18,20). The largest absolute Gasteiger partial charge is 0.375 e. The molecule has 2 rings (SSSR count). The molecule has 1 aromatic heterocycles. The Balaban J connectivity index is 2.00. The Bertz CT molecular complexity index is 533. The summed E-state index contributed by atoms with van der Waals surface area (Å²) in [6.07, 6.45) is 5.32. The number of methoxy groups -OCH3 is 1. The van der Waals surface area contributed by atoms with Gasteiger partial charge in [-0.2, -0.15) is 0 Å². The van der Waals surface area contributed by atoms with Crippen molar-refractivity contribution in [2.24, 2.45) is 0 Å². The molecule has 0 unspecified atom stereocenters. The summed E-state index contributed by atoms with van der Waals surface area (Å²) in [6, 6.07) is 0.136. The van der Waals surface area contributed by atoms with E-state index in [1.165, 1.54) is 24.9 Å². The average molecular weight is 339 g/mol. The van der Waals surface area contributed by atoms with E-state index in [0.717, 1.165) is 36.3 Å². The molecule has 0 bridgehead atoms. The fraction of sp³-hybridized carbons (Fsp3) is 0.688. The number of aryl methyl sites for hydroxylation is 2. The van der Waals surface area contributed by atoms with Crippen LogP contribution in [0.5, 0.6) is 0 Å². The highest BCUT2D eigenvalue weighted by Gasteiger charge is 2.27. The first-order valence-corrected chi connectivity index (χ1v) is 8.85.